The van der Waals surface area contributed by atoms with Gasteiger partial charge in [-0.15, -0.1) is 0 Å². The molecule has 0 bridgehead atoms. The molecule has 0 atom stereocenters. The lowest BCUT2D eigenvalue weighted by atomic mass is 10.0. The van der Waals surface area contributed by atoms with Crippen molar-refractivity contribution in [2.24, 2.45) is 5.84 Å². The van der Waals surface area contributed by atoms with Crippen molar-refractivity contribution in [3.8, 4) is 0 Å². The van der Waals surface area contributed by atoms with Crippen LogP contribution >= 0.6 is 0 Å². The molecule has 0 aliphatic heterocycles. The summed E-state index contributed by atoms with van der Waals surface area (Å²) < 4.78 is 27.1. The minimum absolute atomic E-state index is 0.0628. The third-order valence-electron chi connectivity index (χ3n) is 2.92. The Morgan fingerprint density at radius 1 is 1.40 bits per heavy atom. The smallest absolute Gasteiger partial charge is 0.313 e. The van der Waals surface area contributed by atoms with E-state index in [2.05, 4.69) is 10.1 Å². The fraction of sp³-hybridized carbons (Fsp3) is 0.455. The Labute approximate surface area is 117 Å². The average Bonchev–Trinajstić information content (AvgIpc) is 2.36. The summed E-state index contributed by atoms with van der Waals surface area (Å²) in [5.74, 6) is 5.18. The number of anilines is 1. The first kappa shape index (κ1) is 16.3. The van der Waals surface area contributed by atoms with Gasteiger partial charge in [-0.3, -0.25) is 16.0 Å². The SMILES string of the molecule is CCC(C)(C)NS(=O)(=O)c1cccc(NN)c1[N+](=O)[O-]. The first-order chi connectivity index (χ1) is 9.14. The number of sulfonamides is 1. The molecule has 1 aromatic carbocycles. The van der Waals surface area contributed by atoms with Crippen molar-refractivity contribution in [3.63, 3.8) is 0 Å². The van der Waals surface area contributed by atoms with Gasteiger partial charge in [0.05, 0.1) is 4.92 Å². The van der Waals surface area contributed by atoms with Gasteiger partial charge in [0.2, 0.25) is 10.0 Å². The summed E-state index contributed by atoms with van der Waals surface area (Å²) in [6, 6.07) is 3.89. The third-order valence-corrected chi connectivity index (χ3v) is 4.65. The zero-order valence-electron chi connectivity index (χ0n) is 11.5. The van der Waals surface area contributed by atoms with E-state index in [1.54, 1.807) is 13.8 Å². The minimum atomic E-state index is -4.03. The molecule has 0 aliphatic rings. The van der Waals surface area contributed by atoms with Gasteiger partial charge in [0.15, 0.2) is 4.90 Å². The molecule has 9 heteroatoms. The van der Waals surface area contributed by atoms with Gasteiger partial charge in [0.1, 0.15) is 5.69 Å². The first-order valence-electron chi connectivity index (χ1n) is 5.92. The number of nitrogens with one attached hydrogen (secondary N) is 2. The topological polar surface area (TPSA) is 127 Å². The monoisotopic (exact) mass is 302 g/mol. The number of benzene rings is 1. The van der Waals surface area contributed by atoms with E-state index in [1.807, 2.05) is 6.92 Å². The molecule has 1 aromatic rings. The van der Waals surface area contributed by atoms with Crippen LogP contribution in [0.2, 0.25) is 0 Å². The fourth-order valence-electron chi connectivity index (χ4n) is 1.53. The maximum Gasteiger partial charge on any atom is 0.313 e. The highest BCUT2D eigenvalue weighted by Gasteiger charge is 2.32. The number of para-hydroxylation sites is 1. The Kier molecular flexibility index (Phi) is 4.69. The first-order valence-corrected chi connectivity index (χ1v) is 7.41. The van der Waals surface area contributed by atoms with Crippen molar-refractivity contribution in [2.45, 2.75) is 37.6 Å². The molecule has 0 radical (unpaired) electrons. The highest BCUT2D eigenvalue weighted by molar-refractivity contribution is 7.89. The number of nitrogens with two attached hydrogens (primary N) is 1. The van der Waals surface area contributed by atoms with Crippen LogP contribution in [0.3, 0.4) is 0 Å². The molecule has 0 aromatic heterocycles. The van der Waals surface area contributed by atoms with E-state index in [0.29, 0.717) is 6.42 Å². The second-order valence-corrected chi connectivity index (χ2v) is 6.55. The van der Waals surface area contributed by atoms with Crippen LogP contribution in [0.5, 0.6) is 0 Å². The number of hydrazine groups is 1. The molecule has 0 fully saturated rings. The van der Waals surface area contributed by atoms with Crippen LogP contribution < -0.4 is 16.0 Å². The van der Waals surface area contributed by atoms with Crippen LogP contribution in [0, 0.1) is 10.1 Å². The van der Waals surface area contributed by atoms with E-state index in [-0.39, 0.29) is 5.69 Å². The highest BCUT2D eigenvalue weighted by Crippen LogP contribution is 2.32. The molecule has 112 valence electrons. The Hall–Kier alpha value is -1.71. The zero-order chi connectivity index (χ0) is 15.6. The van der Waals surface area contributed by atoms with Gasteiger partial charge in [0.25, 0.3) is 0 Å². The van der Waals surface area contributed by atoms with E-state index in [1.165, 1.54) is 18.2 Å². The van der Waals surface area contributed by atoms with Crippen LogP contribution in [0.1, 0.15) is 27.2 Å². The van der Waals surface area contributed by atoms with Crippen molar-refractivity contribution in [1.82, 2.24) is 4.72 Å². The number of nitro benzene ring substituents is 1. The van der Waals surface area contributed by atoms with Crippen molar-refractivity contribution < 1.29 is 13.3 Å². The number of hydrogen-bond donors (Lipinski definition) is 3. The van der Waals surface area contributed by atoms with Gasteiger partial charge < -0.3 is 5.43 Å². The van der Waals surface area contributed by atoms with E-state index >= 15 is 0 Å². The van der Waals surface area contributed by atoms with Crippen LogP contribution in [0.15, 0.2) is 23.1 Å². The minimum Gasteiger partial charge on any atom is -0.318 e. The van der Waals surface area contributed by atoms with Gasteiger partial charge in [0, 0.05) is 5.54 Å². The molecular formula is C11H18N4O4S. The van der Waals surface area contributed by atoms with E-state index in [0.717, 1.165) is 0 Å². The average molecular weight is 302 g/mol. The van der Waals surface area contributed by atoms with Crippen LogP contribution in [0.4, 0.5) is 11.4 Å². The Balaban J connectivity index is 3.43. The molecule has 20 heavy (non-hydrogen) atoms. The van der Waals surface area contributed by atoms with Gasteiger partial charge in [-0.05, 0) is 32.4 Å². The number of nitrogens with zero attached hydrogens (tertiary/aromatic N) is 1. The van der Waals surface area contributed by atoms with Crippen LogP contribution in [-0.2, 0) is 10.0 Å². The highest BCUT2D eigenvalue weighted by atomic mass is 32.2. The summed E-state index contributed by atoms with van der Waals surface area (Å²) in [6.07, 6.45) is 0.537. The second kappa shape index (κ2) is 5.73. The molecular weight excluding hydrogens is 284 g/mol. The van der Waals surface area contributed by atoms with Crippen molar-refractivity contribution in [1.29, 1.82) is 0 Å². The third kappa shape index (κ3) is 3.44. The summed E-state index contributed by atoms with van der Waals surface area (Å²) in [5.41, 5.74) is 0.785. The van der Waals surface area contributed by atoms with E-state index < -0.39 is 31.1 Å². The number of hydrogen-bond acceptors (Lipinski definition) is 6. The quantitative estimate of drug-likeness (QED) is 0.413. The Bertz CT molecular complexity index is 613. The molecule has 0 spiro atoms. The van der Waals surface area contributed by atoms with Gasteiger partial charge in [-0.2, -0.15) is 0 Å². The lowest BCUT2D eigenvalue weighted by Crippen LogP contribution is -2.42. The predicted molar refractivity (Wildman–Crippen MR) is 75.6 cm³/mol. The molecule has 0 saturated carbocycles. The molecule has 8 nitrogen and oxygen atoms in total. The number of nitrogen functional groups attached to an aromatic ring is 1. The standard InChI is InChI=1S/C11H18N4O4S/c1-4-11(2,3)14-20(18,19)9-7-5-6-8(13-12)10(9)15(16)17/h5-7,13-14H,4,12H2,1-3H3. The summed E-state index contributed by atoms with van der Waals surface area (Å²) >= 11 is 0. The molecule has 1 rings (SSSR count). The second-order valence-electron chi connectivity index (χ2n) is 4.90. The zero-order valence-corrected chi connectivity index (χ0v) is 12.3. The molecule has 0 aliphatic carbocycles. The molecule has 0 unspecified atom stereocenters. The molecule has 0 amide bonds. The van der Waals surface area contributed by atoms with Gasteiger partial charge in [-0.1, -0.05) is 13.0 Å². The Morgan fingerprint density at radius 2 is 2.00 bits per heavy atom. The molecule has 4 N–H and O–H groups in total. The van der Waals surface area contributed by atoms with E-state index in [4.69, 9.17) is 5.84 Å². The van der Waals surface area contributed by atoms with Gasteiger partial charge >= 0.3 is 5.69 Å². The normalized spacial score (nSPS) is 12.2. The maximum atomic E-state index is 12.3. The largest absolute Gasteiger partial charge is 0.318 e. The summed E-state index contributed by atoms with van der Waals surface area (Å²) in [7, 11) is -4.03. The maximum absolute atomic E-state index is 12.3. The van der Waals surface area contributed by atoms with Crippen molar-refractivity contribution >= 4 is 21.4 Å². The lowest BCUT2D eigenvalue weighted by Gasteiger charge is -2.24. The summed E-state index contributed by atoms with van der Waals surface area (Å²) in [5, 5.41) is 11.1. The van der Waals surface area contributed by atoms with Crippen LogP contribution in [-0.4, -0.2) is 18.9 Å². The number of nitro groups is 1. The lowest BCUT2D eigenvalue weighted by molar-refractivity contribution is -0.386. The van der Waals surface area contributed by atoms with Crippen molar-refractivity contribution in [3.05, 3.63) is 28.3 Å². The van der Waals surface area contributed by atoms with Gasteiger partial charge in [-0.25, -0.2) is 13.1 Å². The van der Waals surface area contributed by atoms with Crippen molar-refractivity contribution in [2.75, 3.05) is 5.43 Å². The molecule has 0 heterocycles. The fourth-order valence-corrected chi connectivity index (χ4v) is 3.21. The number of rotatable bonds is 6. The van der Waals surface area contributed by atoms with E-state index in [9.17, 15) is 18.5 Å². The summed E-state index contributed by atoms with van der Waals surface area (Å²) in [6.45, 7) is 5.21. The molecule has 0 saturated heterocycles. The Morgan fingerprint density at radius 3 is 2.45 bits per heavy atom. The predicted octanol–water partition coefficient (Wildman–Crippen LogP) is 1.35. The van der Waals surface area contributed by atoms with Crippen LogP contribution in [0.25, 0.3) is 0 Å². The summed E-state index contributed by atoms with van der Waals surface area (Å²) in [4.78, 5) is 9.91.